The molecule has 4 heteroatoms. The maximum Gasteiger partial charge on any atom is 0.326 e. The third kappa shape index (κ3) is 3.42. The molecule has 2 fully saturated rings. The van der Waals surface area contributed by atoms with E-state index >= 15 is 0 Å². The molecule has 1 N–H and O–H groups in total. The number of nitrogens with one attached hydrogen (secondary N) is 1. The Morgan fingerprint density at radius 3 is 2.76 bits per heavy atom. The summed E-state index contributed by atoms with van der Waals surface area (Å²) in [6.45, 7) is 7.02. The van der Waals surface area contributed by atoms with Gasteiger partial charge in [-0.3, -0.25) is 4.79 Å². The van der Waals surface area contributed by atoms with Crippen molar-refractivity contribution in [1.82, 2.24) is 10.2 Å². The van der Waals surface area contributed by atoms with Gasteiger partial charge in [0.25, 0.3) is 0 Å². The predicted molar refractivity (Wildman–Crippen MR) is 85.2 cm³/mol. The molecule has 1 saturated heterocycles. The molecule has 0 bridgehead atoms. The van der Waals surface area contributed by atoms with Crippen molar-refractivity contribution in [2.45, 2.75) is 64.0 Å². The number of likely N-dealkylation sites (tertiary alicyclic amines) is 1. The van der Waals surface area contributed by atoms with Gasteiger partial charge in [0.2, 0.25) is 0 Å². The van der Waals surface area contributed by atoms with Crippen LogP contribution in [0.1, 0.15) is 52.4 Å². The number of likely N-dealkylation sites (N-methyl/N-ethyl adjacent to an activating group) is 1. The third-order valence-electron chi connectivity index (χ3n) is 5.86. The van der Waals surface area contributed by atoms with Crippen LogP contribution in [0.5, 0.6) is 0 Å². The number of methoxy groups -OCH3 is 1. The van der Waals surface area contributed by atoms with Gasteiger partial charge >= 0.3 is 5.97 Å². The molecule has 4 nitrogen and oxygen atoms in total. The summed E-state index contributed by atoms with van der Waals surface area (Å²) in [5.41, 5.74) is -0.443. The highest BCUT2D eigenvalue weighted by atomic mass is 16.5. The lowest BCUT2D eigenvalue weighted by atomic mass is 9.84. The molecule has 1 aliphatic carbocycles. The van der Waals surface area contributed by atoms with E-state index in [1.807, 2.05) is 7.05 Å². The Labute approximate surface area is 129 Å². The van der Waals surface area contributed by atoms with Gasteiger partial charge in [-0.2, -0.15) is 0 Å². The summed E-state index contributed by atoms with van der Waals surface area (Å²) < 4.78 is 5.07. The van der Waals surface area contributed by atoms with Gasteiger partial charge < -0.3 is 15.0 Å². The molecule has 0 aromatic heterocycles. The molecule has 0 spiro atoms. The summed E-state index contributed by atoms with van der Waals surface area (Å²) in [5.74, 6) is 1.18. The van der Waals surface area contributed by atoms with Crippen molar-refractivity contribution in [1.29, 1.82) is 0 Å². The largest absolute Gasteiger partial charge is 0.468 e. The van der Waals surface area contributed by atoms with E-state index in [0.29, 0.717) is 12.0 Å². The van der Waals surface area contributed by atoms with E-state index < -0.39 is 5.54 Å². The standard InChI is InChI=1S/C17H32N2O2/c1-13-7-10-19(14(2)12-13)11-8-15-6-5-9-17(15,18-3)16(20)21-4/h13-15,18H,5-12H2,1-4H3. The van der Waals surface area contributed by atoms with Crippen molar-refractivity contribution in [3.8, 4) is 0 Å². The Morgan fingerprint density at radius 1 is 1.38 bits per heavy atom. The van der Waals surface area contributed by atoms with E-state index in [-0.39, 0.29) is 5.97 Å². The van der Waals surface area contributed by atoms with Crippen LogP contribution in [-0.4, -0.2) is 49.7 Å². The zero-order chi connectivity index (χ0) is 15.5. The number of piperidine rings is 1. The molecule has 0 radical (unpaired) electrons. The molecule has 0 aromatic rings. The summed E-state index contributed by atoms with van der Waals surface area (Å²) in [6, 6.07) is 0.678. The minimum atomic E-state index is -0.443. The predicted octanol–water partition coefficient (Wildman–Crippen LogP) is 2.43. The maximum absolute atomic E-state index is 12.2. The first kappa shape index (κ1) is 16.8. The molecule has 0 aromatic carbocycles. The van der Waals surface area contributed by atoms with Crippen molar-refractivity contribution >= 4 is 5.97 Å². The van der Waals surface area contributed by atoms with Crippen molar-refractivity contribution < 1.29 is 9.53 Å². The van der Waals surface area contributed by atoms with E-state index in [0.717, 1.165) is 38.1 Å². The quantitative estimate of drug-likeness (QED) is 0.791. The van der Waals surface area contributed by atoms with Gasteiger partial charge in [-0.15, -0.1) is 0 Å². The fraction of sp³-hybridized carbons (Fsp3) is 0.941. The van der Waals surface area contributed by atoms with Crippen LogP contribution in [0.4, 0.5) is 0 Å². The zero-order valence-electron chi connectivity index (χ0n) is 14.2. The molecule has 0 amide bonds. The second-order valence-corrected chi connectivity index (χ2v) is 7.11. The summed E-state index contributed by atoms with van der Waals surface area (Å²) in [7, 11) is 3.41. The first-order valence-electron chi connectivity index (χ1n) is 8.55. The van der Waals surface area contributed by atoms with Crippen LogP contribution in [0.3, 0.4) is 0 Å². The summed E-state index contributed by atoms with van der Waals surface area (Å²) in [6.07, 6.45) is 6.87. The lowest BCUT2D eigenvalue weighted by Gasteiger charge is -2.39. The lowest BCUT2D eigenvalue weighted by molar-refractivity contribution is -0.150. The number of ether oxygens (including phenoxy) is 1. The third-order valence-corrected chi connectivity index (χ3v) is 5.86. The van der Waals surface area contributed by atoms with Crippen LogP contribution in [0.25, 0.3) is 0 Å². The second kappa shape index (κ2) is 7.10. The highest BCUT2D eigenvalue weighted by molar-refractivity contribution is 5.81. The average molecular weight is 296 g/mol. The molecule has 1 saturated carbocycles. The smallest absolute Gasteiger partial charge is 0.326 e. The maximum atomic E-state index is 12.2. The Balaban J connectivity index is 1.94. The van der Waals surface area contributed by atoms with Crippen LogP contribution in [-0.2, 0) is 9.53 Å². The number of hydrogen-bond acceptors (Lipinski definition) is 4. The van der Waals surface area contributed by atoms with Crippen LogP contribution in [0.15, 0.2) is 0 Å². The SMILES string of the molecule is CNC1(C(=O)OC)CCCC1CCN1CCC(C)CC1C. The van der Waals surface area contributed by atoms with Gasteiger partial charge in [-0.1, -0.05) is 13.3 Å². The second-order valence-electron chi connectivity index (χ2n) is 7.11. The van der Waals surface area contributed by atoms with Gasteiger partial charge in [-0.05, 0) is 71.0 Å². The number of hydrogen-bond donors (Lipinski definition) is 1. The first-order chi connectivity index (χ1) is 10.0. The number of carbonyl (C=O) groups excluding carboxylic acids is 1. The summed E-state index contributed by atoms with van der Waals surface area (Å²) >= 11 is 0. The van der Waals surface area contributed by atoms with Gasteiger partial charge in [0, 0.05) is 6.04 Å². The van der Waals surface area contributed by atoms with E-state index in [1.165, 1.54) is 26.5 Å². The average Bonchev–Trinajstić information content (AvgIpc) is 2.89. The molecule has 1 aliphatic heterocycles. The van der Waals surface area contributed by atoms with Gasteiger partial charge in [0.1, 0.15) is 5.54 Å². The van der Waals surface area contributed by atoms with E-state index in [1.54, 1.807) is 0 Å². The fourth-order valence-corrected chi connectivity index (χ4v) is 4.46. The Bertz CT molecular complexity index is 361. The fourth-order valence-electron chi connectivity index (χ4n) is 4.46. The normalized spacial score (nSPS) is 37.6. The molecule has 2 rings (SSSR count). The number of nitrogens with zero attached hydrogens (tertiary/aromatic N) is 1. The number of rotatable bonds is 5. The van der Waals surface area contributed by atoms with Gasteiger partial charge in [0.05, 0.1) is 7.11 Å². The van der Waals surface area contributed by atoms with E-state index in [2.05, 4.69) is 24.1 Å². The minimum Gasteiger partial charge on any atom is -0.468 e. The topological polar surface area (TPSA) is 41.6 Å². The van der Waals surface area contributed by atoms with Crippen LogP contribution >= 0.6 is 0 Å². The zero-order valence-corrected chi connectivity index (χ0v) is 14.2. The first-order valence-corrected chi connectivity index (χ1v) is 8.55. The van der Waals surface area contributed by atoms with Crippen molar-refractivity contribution in [2.24, 2.45) is 11.8 Å². The molecule has 4 unspecified atom stereocenters. The molecular weight excluding hydrogens is 264 g/mol. The Morgan fingerprint density at radius 2 is 2.14 bits per heavy atom. The molecule has 4 atom stereocenters. The monoisotopic (exact) mass is 296 g/mol. The van der Waals surface area contributed by atoms with Gasteiger partial charge in [0.15, 0.2) is 0 Å². The Kier molecular flexibility index (Phi) is 5.67. The molecular formula is C17H32N2O2. The molecule has 2 aliphatic rings. The number of esters is 1. The van der Waals surface area contributed by atoms with Crippen LogP contribution in [0, 0.1) is 11.8 Å². The van der Waals surface area contributed by atoms with E-state index in [4.69, 9.17) is 4.74 Å². The highest BCUT2D eigenvalue weighted by Crippen LogP contribution is 2.39. The molecule has 21 heavy (non-hydrogen) atoms. The molecule has 1 heterocycles. The van der Waals surface area contributed by atoms with Crippen molar-refractivity contribution in [3.05, 3.63) is 0 Å². The van der Waals surface area contributed by atoms with E-state index in [9.17, 15) is 4.79 Å². The Hall–Kier alpha value is -0.610. The van der Waals surface area contributed by atoms with Crippen LogP contribution < -0.4 is 5.32 Å². The number of carbonyl (C=O) groups is 1. The van der Waals surface area contributed by atoms with Crippen molar-refractivity contribution in [2.75, 3.05) is 27.2 Å². The molecule has 122 valence electrons. The lowest BCUT2D eigenvalue weighted by Crippen LogP contribution is -2.54. The summed E-state index contributed by atoms with van der Waals surface area (Å²) in [5, 5.41) is 3.29. The van der Waals surface area contributed by atoms with Gasteiger partial charge in [-0.25, -0.2) is 0 Å². The summed E-state index contributed by atoms with van der Waals surface area (Å²) in [4.78, 5) is 14.8. The van der Waals surface area contributed by atoms with Crippen LogP contribution in [0.2, 0.25) is 0 Å². The highest BCUT2D eigenvalue weighted by Gasteiger charge is 2.48. The van der Waals surface area contributed by atoms with Crippen molar-refractivity contribution in [3.63, 3.8) is 0 Å². The minimum absolute atomic E-state index is 0.0761.